The zero-order valence-electron chi connectivity index (χ0n) is 11.6. The van der Waals surface area contributed by atoms with Crippen molar-refractivity contribution < 1.29 is 19.1 Å². The molecule has 114 valence electrons. The van der Waals surface area contributed by atoms with Crippen molar-refractivity contribution in [3.63, 3.8) is 0 Å². The van der Waals surface area contributed by atoms with Gasteiger partial charge in [0.15, 0.2) is 0 Å². The van der Waals surface area contributed by atoms with Gasteiger partial charge < -0.3 is 20.7 Å². The third kappa shape index (κ3) is 3.22. The Bertz CT molecular complexity index is 557. The number of carbonyl (C=O) groups excluding carboxylic acids is 3. The van der Waals surface area contributed by atoms with Gasteiger partial charge >= 0.3 is 5.97 Å². The summed E-state index contributed by atoms with van der Waals surface area (Å²) in [4.78, 5) is 37.1. The van der Waals surface area contributed by atoms with Crippen molar-refractivity contribution in [3.8, 4) is 0 Å². The number of hydrogen-bond donors (Lipinski definition) is 2. The Hall–Kier alpha value is -1.93. The lowest BCUT2D eigenvalue weighted by Crippen LogP contribution is -2.42. The highest BCUT2D eigenvalue weighted by Crippen LogP contribution is 2.31. The molecule has 7 nitrogen and oxygen atoms in total. The predicted octanol–water partition coefficient (Wildman–Crippen LogP) is 0.105. The first-order chi connectivity index (χ1) is 10.1. The fourth-order valence-electron chi connectivity index (χ4n) is 2.19. The smallest absolute Gasteiger partial charge is 0.340 e. The Morgan fingerprint density at radius 3 is 3.00 bits per heavy atom. The number of nitrogens with zero attached hydrogens (tertiary/aromatic N) is 1. The average Bonchev–Trinajstić information content (AvgIpc) is 3.06. The minimum atomic E-state index is -0.559. The van der Waals surface area contributed by atoms with Crippen molar-refractivity contribution in [2.75, 3.05) is 25.1 Å². The number of anilines is 1. The molecule has 1 fully saturated rings. The first-order valence-electron chi connectivity index (χ1n) is 6.55. The number of nitrogens with one attached hydrogen (secondary N) is 1. The number of methoxy groups -OCH3 is 1. The van der Waals surface area contributed by atoms with Crippen molar-refractivity contribution in [1.29, 1.82) is 0 Å². The second-order valence-corrected chi connectivity index (χ2v) is 5.46. The van der Waals surface area contributed by atoms with Crippen LogP contribution in [0.15, 0.2) is 11.4 Å². The molecule has 1 saturated heterocycles. The number of esters is 1. The Balaban J connectivity index is 2.10. The van der Waals surface area contributed by atoms with E-state index in [-0.39, 0.29) is 24.8 Å². The molecule has 2 amide bonds. The second kappa shape index (κ2) is 6.68. The summed E-state index contributed by atoms with van der Waals surface area (Å²) in [6.07, 6.45) is 0.698. The lowest BCUT2D eigenvalue weighted by Gasteiger charge is -2.16. The lowest BCUT2D eigenvalue weighted by molar-refractivity contribution is -0.126. The summed E-state index contributed by atoms with van der Waals surface area (Å²) in [6, 6.07) is 1.07. The molecule has 2 heterocycles. The van der Waals surface area contributed by atoms with Crippen LogP contribution in [-0.2, 0) is 14.3 Å². The largest absolute Gasteiger partial charge is 0.465 e. The molecule has 1 unspecified atom stereocenters. The van der Waals surface area contributed by atoms with Gasteiger partial charge in [-0.2, -0.15) is 0 Å². The van der Waals surface area contributed by atoms with Crippen LogP contribution in [0.5, 0.6) is 0 Å². The zero-order valence-corrected chi connectivity index (χ0v) is 12.4. The van der Waals surface area contributed by atoms with E-state index in [1.165, 1.54) is 23.3 Å². The lowest BCUT2D eigenvalue weighted by atomic mass is 10.2. The summed E-state index contributed by atoms with van der Waals surface area (Å²) in [5.74, 6) is -0.931. The molecule has 0 saturated carbocycles. The number of nitrogens with two attached hydrogens (primary N) is 1. The van der Waals surface area contributed by atoms with E-state index in [4.69, 9.17) is 10.5 Å². The molecule has 0 spiro atoms. The molecule has 0 bridgehead atoms. The molecule has 8 heteroatoms. The van der Waals surface area contributed by atoms with Gasteiger partial charge in [-0.1, -0.05) is 0 Å². The topological polar surface area (TPSA) is 102 Å². The summed E-state index contributed by atoms with van der Waals surface area (Å²) in [7, 11) is 1.30. The average molecular weight is 311 g/mol. The SMILES string of the molecule is COC(=O)c1ccsc1N1CCC(NC(=O)CCN)C1=O. The molecule has 21 heavy (non-hydrogen) atoms. The van der Waals surface area contributed by atoms with E-state index in [1.807, 2.05) is 0 Å². The highest BCUT2D eigenvalue weighted by molar-refractivity contribution is 7.14. The van der Waals surface area contributed by atoms with Crippen molar-refractivity contribution in [2.24, 2.45) is 5.73 Å². The van der Waals surface area contributed by atoms with E-state index < -0.39 is 12.0 Å². The molecular weight excluding hydrogens is 294 g/mol. The van der Waals surface area contributed by atoms with Crippen LogP contribution in [0.2, 0.25) is 0 Å². The molecule has 1 atom stereocenters. The van der Waals surface area contributed by atoms with Crippen LogP contribution in [0.25, 0.3) is 0 Å². The molecule has 0 aromatic carbocycles. The number of ether oxygens (including phenoxy) is 1. The Labute approximate surface area is 126 Å². The van der Waals surface area contributed by atoms with E-state index in [0.717, 1.165) is 0 Å². The molecule has 3 N–H and O–H groups in total. The minimum absolute atomic E-state index is 0.191. The van der Waals surface area contributed by atoms with Crippen LogP contribution in [0.3, 0.4) is 0 Å². The third-order valence-corrected chi connectivity index (χ3v) is 4.14. The quantitative estimate of drug-likeness (QED) is 0.751. The number of carbonyl (C=O) groups is 3. The maximum absolute atomic E-state index is 12.3. The molecule has 0 aliphatic carbocycles. The van der Waals surface area contributed by atoms with Gasteiger partial charge in [0.05, 0.1) is 12.7 Å². The van der Waals surface area contributed by atoms with E-state index in [1.54, 1.807) is 11.4 Å². The molecule has 0 radical (unpaired) electrons. The number of rotatable bonds is 5. The maximum atomic E-state index is 12.3. The van der Waals surface area contributed by atoms with Gasteiger partial charge in [-0.3, -0.25) is 9.59 Å². The number of hydrogen-bond acceptors (Lipinski definition) is 6. The van der Waals surface area contributed by atoms with Gasteiger partial charge in [0.2, 0.25) is 11.8 Å². The summed E-state index contributed by atoms with van der Waals surface area (Å²) in [5.41, 5.74) is 5.67. The monoisotopic (exact) mass is 311 g/mol. The van der Waals surface area contributed by atoms with Gasteiger partial charge in [0.25, 0.3) is 0 Å². The Morgan fingerprint density at radius 1 is 1.57 bits per heavy atom. The highest BCUT2D eigenvalue weighted by atomic mass is 32.1. The maximum Gasteiger partial charge on any atom is 0.340 e. The standard InChI is InChI=1S/C13H17N3O4S/c1-20-13(19)8-4-7-21-12(8)16-6-3-9(11(16)18)15-10(17)2-5-14/h4,7,9H,2-3,5-6,14H2,1H3,(H,15,17). The van der Waals surface area contributed by atoms with Gasteiger partial charge in [0, 0.05) is 19.5 Å². The van der Waals surface area contributed by atoms with Crippen molar-refractivity contribution in [3.05, 3.63) is 17.0 Å². The van der Waals surface area contributed by atoms with Crippen LogP contribution in [0.1, 0.15) is 23.2 Å². The summed E-state index contributed by atoms with van der Waals surface area (Å²) in [6.45, 7) is 0.699. The minimum Gasteiger partial charge on any atom is -0.465 e. The molecular formula is C13H17N3O4S. The van der Waals surface area contributed by atoms with Crippen molar-refractivity contribution in [1.82, 2.24) is 5.32 Å². The van der Waals surface area contributed by atoms with Gasteiger partial charge in [-0.05, 0) is 17.9 Å². The van der Waals surface area contributed by atoms with Crippen LogP contribution in [-0.4, -0.2) is 44.0 Å². The molecule has 1 aliphatic heterocycles. The molecule has 1 aromatic heterocycles. The van der Waals surface area contributed by atoms with Gasteiger partial charge in [-0.25, -0.2) is 4.79 Å². The Kier molecular flexibility index (Phi) is 4.92. The molecule has 1 aromatic rings. The number of amides is 2. The number of thiophene rings is 1. The summed E-state index contributed by atoms with van der Waals surface area (Å²) < 4.78 is 4.70. The summed E-state index contributed by atoms with van der Waals surface area (Å²) >= 11 is 1.30. The van der Waals surface area contributed by atoms with Crippen LogP contribution < -0.4 is 16.0 Å². The summed E-state index contributed by atoms with van der Waals surface area (Å²) in [5, 5.41) is 4.95. The van der Waals surface area contributed by atoms with E-state index in [9.17, 15) is 14.4 Å². The first kappa shape index (κ1) is 15.5. The van der Waals surface area contributed by atoms with E-state index >= 15 is 0 Å². The van der Waals surface area contributed by atoms with E-state index in [0.29, 0.717) is 23.5 Å². The highest BCUT2D eigenvalue weighted by Gasteiger charge is 2.35. The van der Waals surface area contributed by atoms with Crippen LogP contribution >= 0.6 is 11.3 Å². The molecule has 2 rings (SSSR count). The fraction of sp³-hybridized carbons (Fsp3) is 0.462. The van der Waals surface area contributed by atoms with Crippen molar-refractivity contribution >= 4 is 34.1 Å². The first-order valence-corrected chi connectivity index (χ1v) is 7.43. The second-order valence-electron chi connectivity index (χ2n) is 4.57. The van der Waals surface area contributed by atoms with Crippen LogP contribution in [0, 0.1) is 0 Å². The van der Waals surface area contributed by atoms with E-state index in [2.05, 4.69) is 5.32 Å². The van der Waals surface area contributed by atoms with Crippen LogP contribution in [0.4, 0.5) is 5.00 Å². The normalized spacial score (nSPS) is 17.9. The van der Waals surface area contributed by atoms with Gasteiger partial charge in [-0.15, -0.1) is 11.3 Å². The van der Waals surface area contributed by atoms with Gasteiger partial charge in [0.1, 0.15) is 11.0 Å². The third-order valence-electron chi connectivity index (χ3n) is 3.21. The Morgan fingerprint density at radius 2 is 2.33 bits per heavy atom. The fourth-order valence-corrected chi connectivity index (χ4v) is 3.11. The molecule has 1 aliphatic rings. The van der Waals surface area contributed by atoms with Crippen molar-refractivity contribution in [2.45, 2.75) is 18.9 Å². The zero-order chi connectivity index (χ0) is 15.4. The predicted molar refractivity (Wildman–Crippen MR) is 78.2 cm³/mol.